The molecule has 0 aromatic carbocycles. The molecule has 1 aliphatic rings. The Morgan fingerprint density at radius 1 is 1.21 bits per heavy atom. The number of carbonyl (C=O) groups is 1. The summed E-state index contributed by atoms with van der Waals surface area (Å²) in [6.07, 6.45) is 8.22. The van der Waals surface area contributed by atoms with Crippen LogP contribution in [-0.4, -0.2) is 35.0 Å². The monoisotopic (exact) mass is 272 g/mol. The molecule has 4 nitrogen and oxygen atoms in total. The van der Waals surface area contributed by atoms with Crippen LogP contribution in [0.2, 0.25) is 0 Å². The van der Waals surface area contributed by atoms with Crippen molar-refractivity contribution < 1.29 is 19.7 Å². The molecule has 0 saturated heterocycles. The van der Waals surface area contributed by atoms with Gasteiger partial charge in [-0.05, 0) is 32.1 Å². The molecular weight excluding hydrogens is 244 g/mol. The number of rotatable bonds is 9. The van der Waals surface area contributed by atoms with Gasteiger partial charge in [-0.25, -0.2) is 0 Å². The molecule has 0 aromatic rings. The van der Waals surface area contributed by atoms with Crippen LogP contribution in [0, 0.1) is 5.92 Å². The van der Waals surface area contributed by atoms with Crippen LogP contribution in [0.3, 0.4) is 0 Å². The molecule has 19 heavy (non-hydrogen) atoms. The van der Waals surface area contributed by atoms with Gasteiger partial charge in [0.1, 0.15) is 0 Å². The fourth-order valence-electron chi connectivity index (χ4n) is 2.62. The van der Waals surface area contributed by atoms with E-state index in [4.69, 9.17) is 9.84 Å². The van der Waals surface area contributed by atoms with Crippen LogP contribution in [-0.2, 0) is 9.53 Å². The first-order valence-electron chi connectivity index (χ1n) is 7.60. The quantitative estimate of drug-likeness (QED) is 0.633. The Hall–Kier alpha value is -0.610. The minimum Gasteiger partial charge on any atom is -0.481 e. The van der Waals surface area contributed by atoms with Gasteiger partial charge in [0.2, 0.25) is 0 Å². The zero-order valence-corrected chi connectivity index (χ0v) is 12.1. The SMILES string of the molecule is CCCCCCCOCC1(O)CCC(C(=O)O)CC1. The Morgan fingerprint density at radius 2 is 1.84 bits per heavy atom. The van der Waals surface area contributed by atoms with Crippen LogP contribution < -0.4 is 0 Å². The Labute approximate surface area is 116 Å². The maximum Gasteiger partial charge on any atom is 0.306 e. The molecule has 0 atom stereocenters. The summed E-state index contributed by atoms with van der Waals surface area (Å²) < 4.78 is 5.55. The normalized spacial score (nSPS) is 27.4. The molecule has 1 fully saturated rings. The lowest BCUT2D eigenvalue weighted by atomic mass is 9.79. The molecule has 112 valence electrons. The zero-order chi connectivity index (χ0) is 14.1. The van der Waals surface area contributed by atoms with Gasteiger partial charge in [-0.2, -0.15) is 0 Å². The van der Waals surface area contributed by atoms with E-state index in [1.165, 1.54) is 25.7 Å². The number of ether oxygens (including phenoxy) is 1. The molecule has 1 saturated carbocycles. The van der Waals surface area contributed by atoms with Crippen molar-refractivity contribution in [2.45, 2.75) is 70.3 Å². The summed E-state index contributed by atoms with van der Waals surface area (Å²) in [5.41, 5.74) is -0.796. The molecular formula is C15H28O4. The summed E-state index contributed by atoms with van der Waals surface area (Å²) in [6, 6.07) is 0. The van der Waals surface area contributed by atoms with Crippen molar-refractivity contribution in [1.29, 1.82) is 0 Å². The highest BCUT2D eigenvalue weighted by molar-refractivity contribution is 5.70. The molecule has 0 unspecified atom stereocenters. The number of hydrogen-bond acceptors (Lipinski definition) is 3. The lowest BCUT2D eigenvalue weighted by molar-refractivity contribution is -0.146. The smallest absolute Gasteiger partial charge is 0.306 e. The van der Waals surface area contributed by atoms with E-state index in [2.05, 4.69) is 6.92 Å². The molecule has 0 aromatic heterocycles. The van der Waals surface area contributed by atoms with Gasteiger partial charge in [0.15, 0.2) is 0 Å². The molecule has 1 rings (SSSR count). The summed E-state index contributed by atoms with van der Waals surface area (Å²) in [5.74, 6) is -1.02. The van der Waals surface area contributed by atoms with Crippen LogP contribution in [0.15, 0.2) is 0 Å². The van der Waals surface area contributed by atoms with E-state index in [1.807, 2.05) is 0 Å². The topological polar surface area (TPSA) is 66.8 Å². The van der Waals surface area contributed by atoms with Gasteiger partial charge >= 0.3 is 5.97 Å². The third kappa shape index (κ3) is 6.39. The van der Waals surface area contributed by atoms with Crippen LogP contribution in [0.25, 0.3) is 0 Å². The summed E-state index contributed by atoms with van der Waals surface area (Å²) in [7, 11) is 0. The summed E-state index contributed by atoms with van der Waals surface area (Å²) >= 11 is 0. The first kappa shape index (κ1) is 16.4. The molecule has 0 spiro atoms. The molecule has 0 amide bonds. The predicted molar refractivity (Wildman–Crippen MR) is 74.1 cm³/mol. The molecule has 2 N–H and O–H groups in total. The van der Waals surface area contributed by atoms with Crippen molar-refractivity contribution in [2.24, 2.45) is 5.92 Å². The molecule has 0 radical (unpaired) electrons. The third-order valence-electron chi connectivity index (χ3n) is 4.03. The molecule has 0 bridgehead atoms. The predicted octanol–water partition coefficient (Wildman–Crippen LogP) is 2.98. The van der Waals surface area contributed by atoms with E-state index >= 15 is 0 Å². The lowest BCUT2D eigenvalue weighted by Crippen LogP contribution is -2.40. The van der Waals surface area contributed by atoms with E-state index in [0.717, 1.165) is 6.42 Å². The number of hydrogen-bond donors (Lipinski definition) is 2. The molecule has 0 heterocycles. The van der Waals surface area contributed by atoms with Crippen molar-refractivity contribution in [1.82, 2.24) is 0 Å². The standard InChI is InChI=1S/C15H28O4/c1-2-3-4-5-6-11-19-12-15(18)9-7-13(8-10-15)14(16)17/h13,18H,2-12H2,1H3,(H,16,17). The number of aliphatic hydroxyl groups is 1. The van der Waals surface area contributed by atoms with Crippen LogP contribution in [0.1, 0.15) is 64.7 Å². The van der Waals surface area contributed by atoms with Gasteiger partial charge < -0.3 is 14.9 Å². The van der Waals surface area contributed by atoms with E-state index in [9.17, 15) is 9.90 Å². The van der Waals surface area contributed by atoms with Crippen molar-refractivity contribution in [2.75, 3.05) is 13.2 Å². The Morgan fingerprint density at radius 3 is 2.42 bits per heavy atom. The van der Waals surface area contributed by atoms with Gasteiger partial charge in [-0.15, -0.1) is 0 Å². The van der Waals surface area contributed by atoms with Gasteiger partial charge in [-0.3, -0.25) is 4.79 Å². The zero-order valence-electron chi connectivity index (χ0n) is 12.1. The average Bonchev–Trinajstić information content (AvgIpc) is 2.38. The summed E-state index contributed by atoms with van der Waals surface area (Å²) in [4.78, 5) is 10.8. The van der Waals surface area contributed by atoms with Crippen LogP contribution >= 0.6 is 0 Å². The number of carboxylic acid groups (broad SMARTS) is 1. The van der Waals surface area contributed by atoms with Crippen molar-refractivity contribution in [3.05, 3.63) is 0 Å². The summed E-state index contributed by atoms with van der Waals surface area (Å²) in [6.45, 7) is 3.25. The second-order valence-electron chi connectivity index (χ2n) is 5.80. The van der Waals surface area contributed by atoms with E-state index in [-0.39, 0.29) is 5.92 Å². The van der Waals surface area contributed by atoms with Crippen molar-refractivity contribution in [3.63, 3.8) is 0 Å². The molecule has 4 heteroatoms. The fourth-order valence-corrected chi connectivity index (χ4v) is 2.62. The van der Waals surface area contributed by atoms with Crippen LogP contribution in [0.5, 0.6) is 0 Å². The van der Waals surface area contributed by atoms with Gasteiger partial charge in [0.05, 0.1) is 18.1 Å². The first-order chi connectivity index (χ1) is 9.07. The maximum atomic E-state index is 10.8. The van der Waals surface area contributed by atoms with Gasteiger partial charge in [0.25, 0.3) is 0 Å². The first-order valence-corrected chi connectivity index (χ1v) is 7.60. The third-order valence-corrected chi connectivity index (χ3v) is 4.03. The second-order valence-corrected chi connectivity index (χ2v) is 5.80. The van der Waals surface area contributed by atoms with Gasteiger partial charge in [0, 0.05) is 6.61 Å². The average molecular weight is 272 g/mol. The number of aliphatic carboxylic acids is 1. The highest BCUT2D eigenvalue weighted by atomic mass is 16.5. The Kier molecular flexibility index (Phi) is 7.39. The molecule has 0 aliphatic heterocycles. The highest BCUT2D eigenvalue weighted by Crippen LogP contribution is 2.32. The van der Waals surface area contributed by atoms with Crippen LogP contribution in [0.4, 0.5) is 0 Å². The Bertz CT molecular complexity index is 257. The van der Waals surface area contributed by atoms with E-state index in [1.54, 1.807) is 0 Å². The van der Waals surface area contributed by atoms with E-state index in [0.29, 0.717) is 38.9 Å². The largest absolute Gasteiger partial charge is 0.481 e. The lowest BCUT2D eigenvalue weighted by Gasteiger charge is -2.34. The van der Waals surface area contributed by atoms with Crippen molar-refractivity contribution >= 4 is 5.97 Å². The fraction of sp³-hybridized carbons (Fsp3) is 0.933. The minimum atomic E-state index is -0.796. The van der Waals surface area contributed by atoms with E-state index < -0.39 is 11.6 Å². The Balaban J connectivity index is 2.07. The van der Waals surface area contributed by atoms with Crippen molar-refractivity contribution in [3.8, 4) is 0 Å². The number of unbranched alkanes of at least 4 members (excludes halogenated alkanes) is 4. The summed E-state index contributed by atoms with van der Waals surface area (Å²) in [5, 5.41) is 19.2. The highest BCUT2D eigenvalue weighted by Gasteiger charge is 2.35. The number of carboxylic acids is 1. The maximum absolute atomic E-state index is 10.8. The minimum absolute atomic E-state index is 0.283. The second kappa shape index (κ2) is 8.54. The molecule has 1 aliphatic carbocycles. The van der Waals surface area contributed by atoms with Gasteiger partial charge in [-0.1, -0.05) is 32.6 Å².